The van der Waals surface area contributed by atoms with Gasteiger partial charge in [0.1, 0.15) is 5.82 Å². The van der Waals surface area contributed by atoms with Crippen LogP contribution in [-0.4, -0.2) is 20.9 Å². The van der Waals surface area contributed by atoms with Gasteiger partial charge in [-0.15, -0.1) is 0 Å². The number of nitrogens with zero attached hydrogens (tertiary/aromatic N) is 3. The Hall–Kier alpha value is -3.15. The number of pyridine rings is 1. The summed E-state index contributed by atoms with van der Waals surface area (Å²) in [6, 6.07) is 8.94. The molecule has 3 rings (SSSR count). The second-order valence-corrected chi connectivity index (χ2v) is 4.49. The molecular formula is C16H11FN4O. The number of carbonyl (C=O) groups is 1. The number of carbonyl (C=O) groups excluding carboxylic acids is 1. The average molecular weight is 294 g/mol. The third kappa shape index (κ3) is 3.12. The number of hydrogen-bond acceptors (Lipinski definition) is 4. The maximum absolute atomic E-state index is 12.8. The molecule has 0 aliphatic heterocycles. The van der Waals surface area contributed by atoms with Crippen molar-refractivity contribution in [2.45, 2.75) is 0 Å². The van der Waals surface area contributed by atoms with Crippen LogP contribution >= 0.6 is 0 Å². The van der Waals surface area contributed by atoms with E-state index in [1.54, 1.807) is 24.7 Å². The molecule has 0 aliphatic carbocycles. The molecular weight excluding hydrogens is 283 g/mol. The van der Waals surface area contributed by atoms with Crippen LogP contribution in [0.3, 0.4) is 0 Å². The van der Waals surface area contributed by atoms with Crippen LogP contribution < -0.4 is 5.32 Å². The zero-order valence-electron chi connectivity index (χ0n) is 11.4. The number of hydrogen-bond donors (Lipinski definition) is 1. The van der Waals surface area contributed by atoms with Gasteiger partial charge in [0.05, 0.1) is 18.1 Å². The van der Waals surface area contributed by atoms with Gasteiger partial charge in [0.25, 0.3) is 5.91 Å². The summed E-state index contributed by atoms with van der Waals surface area (Å²) in [5.41, 5.74) is 1.85. The summed E-state index contributed by atoms with van der Waals surface area (Å²) in [5, 5.41) is 2.61. The molecule has 6 heteroatoms. The summed E-state index contributed by atoms with van der Waals surface area (Å²) in [5.74, 6) is -0.442. The Kier molecular flexibility index (Phi) is 3.82. The van der Waals surface area contributed by atoms with Crippen molar-refractivity contribution in [3.63, 3.8) is 0 Å². The average Bonchev–Trinajstić information content (AvgIpc) is 2.57. The number of anilines is 1. The van der Waals surface area contributed by atoms with E-state index in [0.29, 0.717) is 17.1 Å². The van der Waals surface area contributed by atoms with E-state index < -0.39 is 5.82 Å². The van der Waals surface area contributed by atoms with Crippen LogP contribution in [0.4, 0.5) is 10.2 Å². The molecule has 108 valence electrons. The van der Waals surface area contributed by atoms with Crippen LogP contribution in [0.1, 0.15) is 10.4 Å². The maximum Gasteiger partial charge on any atom is 0.256 e. The maximum atomic E-state index is 12.8. The second kappa shape index (κ2) is 6.09. The van der Waals surface area contributed by atoms with Crippen molar-refractivity contribution in [2.75, 3.05) is 5.32 Å². The third-order valence-corrected chi connectivity index (χ3v) is 2.96. The Bertz CT molecular complexity index is 774. The highest BCUT2D eigenvalue weighted by atomic mass is 19.1. The number of benzene rings is 1. The molecule has 0 saturated heterocycles. The Labute approximate surface area is 125 Å². The molecule has 2 heterocycles. The van der Waals surface area contributed by atoms with Gasteiger partial charge in [-0.1, -0.05) is 0 Å². The number of rotatable bonds is 3. The van der Waals surface area contributed by atoms with E-state index in [-0.39, 0.29) is 5.91 Å². The monoisotopic (exact) mass is 294 g/mol. The Morgan fingerprint density at radius 3 is 2.45 bits per heavy atom. The lowest BCUT2D eigenvalue weighted by Gasteiger charge is -2.05. The van der Waals surface area contributed by atoms with Crippen molar-refractivity contribution in [2.24, 2.45) is 0 Å². The quantitative estimate of drug-likeness (QED) is 0.806. The summed E-state index contributed by atoms with van der Waals surface area (Å²) in [7, 11) is 0. The minimum absolute atomic E-state index is 0.321. The van der Waals surface area contributed by atoms with Gasteiger partial charge in [-0.2, -0.15) is 0 Å². The molecule has 0 unspecified atom stereocenters. The minimum atomic E-state index is -0.392. The van der Waals surface area contributed by atoms with Crippen molar-refractivity contribution in [1.29, 1.82) is 0 Å². The summed E-state index contributed by atoms with van der Waals surface area (Å²) < 4.78 is 12.8. The van der Waals surface area contributed by atoms with Crippen molar-refractivity contribution in [1.82, 2.24) is 15.0 Å². The van der Waals surface area contributed by atoms with Gasteiger partial charge >= 0.3 is 0 Å². The third-order valence-electron chi connectivity index (χ3n) is 2.96. The van der Waals surface area contributed by atoms with Gasteiger partial charge < -0.3 is 5.32 Å². The molecule has 22 heavy (non-hydrogen) atoms. The predicted octanol–water partition coefficient (Wildman–Crippen LogP) is 2.93. The van der Waals surface area contributed by atoms with Gasteiger partial charge in [0.2, 0.25) is 0 Å². The molecule has 3 aromatic rings. The molecule has 2 aromatic heterocycles. The Morgan fingerprint density at radius 2 is 1.82 bits per heavy atom. The lowest BCUT2D eigenvalue weighted by Crippen LogP contribution is -2.13. The molecule has 0 spiro atoms. The summed E-state index contributed by atoms with van der Waals surface area (Å²) >= 11 is 0. The van der Waals surface area contributed by atoms with Crippen molar-refractivity contribution in [3.8, 4) is 11.3 Å². The van der Waals surface area contributed by atoms with E-state index in [4.69, 9.17) is 0 Å². The van der Waals surface area contributed by atoms with Crippen LogP contribution in [0.2, 0.25) is 0 Å². The topological polar surface area (TPSA) is 67.8 Å². The molecule has 1 aromatic carbocycles. The first-order valence-corrected chi connectivity index (χ1v) is 6.52. The van der Waals surface area contributed by atoms with Crippen LogP contribution in [0.15, 0.2) is 61.2 Å². The zero-order chi connectivity index (χ0) is 15.4. The molecule has 0 bridgehead atoms. The van der Waals surface area contributed by atoms with E-state index in [2.05, 4.69) is 20.3 Å². The molecule has 0 radical (unpaired) electrons. The summed E-state index contributed by atoms with van der Waals surface area (Å²) in [6.07, 6.45) is 6.37. The lowest BCUT2D eigenvalue weighted by atomic mass is 10.2. The SMILES string of the molecule is O=C(Nc1cnc(-c2cccnc2)cn1)c1ccc(F)cc1. The molecule has 5 nitrogen and oxygen atoms in total. The molecule has 0 saturated carbocycles. The van der Waals surface area contributed by atoms with Crippen molar-refractivity contribution < 1.29 is 9.18 Å². The lowest BCUT2D eigenvalue weighted by molar-refractivity contribution is 0.102. The van der Waals surface area contributed by atoms with Crippen molar-refractivity contribution in [3.05, 3.63) is 72.6 Å². The first-order chi connectivity index (χ1) is 10.7. The first-order valence-electron chi connectivity index (χ1n) is 6.52. The van der Waals surface area contributed by atoms with Crippen LogP contribution in [-0.2, 0) is 0 Å². The number of aromatic nitrogens is 3. The fourth-order valence-corrected chi connectivity index (χ4v) is 1.85. The predicted molar refractivity (Wildman–Crippen MR) is 79.6 cm³/mol. The highest BCUT2D eigenvalue weighted by Gasteiger charge is 2.07. The second-order valence-electron chi connectivity index (χ2n) is 4.49. The highest BCUT2D eigenvalue weighted by molar-refractivity contribution is 6.03. The van der Waals surface area contributed by atoms with Gasteiger partial charge in [0.15, 0.2) is 5.82 Å². The standard InChI is InChI=1S/C16H11FN4O/c17-13-5-3-11(4-6-13)16(22)21-15-10-19-14(9-20-15)12-2-1-7-18-8-12/h1-10H,(H,20,21,22). The molecule has 0 atom stereocenters. The Balaban J connectivity index is 1.73. The Morgan fingerprint density at radius 1 is 1.00 bits per heavy atom. The van der Waals surface area contributed by atoms with Gasteiger partial charge in [-0.3, -0.25) is 14.8 Å². The van der Waals surface area contributed by atoms with Gasteiger partial charge in [-0.25, -0.2) is 9.37 Å². The molecule has 0 aliphatic rings. The molecule has 1 N–H and O–H groups in total. The fraction of sp³-hybridized carbons (Fsp3) is 0. The van der Waals surface area contributed by atoms with Gasteiger partial charge in [-0.05, 0) is 36.4 Å². The van der Waals surface area contributed by atoms with E-state index in [0.717, 1.165) is 5.56 Å². The number of halogens is 1. The molecule has 1 amide bonds. The fourth-order valence-electron chi connectivity index (χ4n) is 1.85. The highest BCUT2D eigenvalue weighted by Crippen LogP contribution is 2.15. The largest absolute Gasteiger partial charge is 0.305 e. The summed E-state index contributed by atoms with van der Waals surface area (Å²) in [4.78, 5) is 24.4. The summed E-state index contributed by atoms with van der Waals surface area (Å²) in [6.45, 7) is 0. The minimum Gasteiger partial charge on any atom is -0.305 e. The smallest absolute Gasteiger partial charge is 0.256 e. The number of nitrogens with one attached hydrogen (secondary N) is 1. The van der Waals surface area contributed by atoms with Crippen LogP contribution in [0.25, 0.3) is 11.3 Å². The van der Waals surface area contributed by atoms with Crippen LogP contribution in [0, 0.1) is 5.82 Å². The van der Waals surface area contributed by atoms with Gasteiger partial charge in [0, 0.05) is 23.5 Å². The van der Waals surface area contributed by atoms with Crippen molar-refractivity contribution >= 4 is 11.7 Å². The van der Waals surface area contributed by atoms with E-state index >= 15 is 0 Å². The zero-order valence-corrected chi connectivity index (χ0v) is 11.4. The first kappa shape index (κ1) is 13.8. The number of amides is 1. The van der Waals surface area contributed by atoms with E-state index in [1.807, 2.05) is 6.07 Å². The van der Waals surface area contributed by atoms with E-state index in [1.165, 1.54) is 30.5 Å². The van der Waals surface area contributed by atoms with Crippen LogP contribution in [0.5, 0.6) is 0 Å². The normalized spacial score (nSPS) is 10.2. The molecule has 0 fully saturated rings. The van der Waals surface area contributed by atoms with E-state index in [9.17, 15) is 9.18 Å².